The van der Waals surface area contributed by atoms with E-state index < -0.39 is 6.10 Å². The number of hydrogen-bond donors (Lipinski definition) is 2. The predicted octanol–water partition coefficient (Wildman–Crippen LogP) is 3.48. The molecule has 1 aromatic carbocycles. The van der Waals surface area contributed by atoms with E-state index >= 15 is 0 Å². The van der Waals surface area contributed by atoms with Crippen molar-refractivity contribution in [2.75, 3.05) is 7.11 Å². The monoisotopic (exact) mass is 288 g/mol. The molecule has 1 fully saturated rings. The van der Waals surface area contributed by atoms with E-state index in [9.17, 15) is 10.2 Å². The number of ether oxygens (including phenoxy) is 1. The van der Waals surface area contributed by atoms with Crippen molar-refractivity contribution in [3.63, 3.8) is 0 Å². The van der Waals surface area contributed by atoms with Crippen molar-refractivity contribution in [2.45, 2.75) is 45.1 Å². The molecule has 3 heteroatoms. The van der Waals surface area contributed by atoms with Crippen LogP contribution in [0.3, 0.4) is 0 Å². The highest BCUT2D eigenvalue weighted by molar-refractivity contribution is 5.70. The number of benzene rings is 1. The molecule has 114 valence electrons. The van der Waals surface area contributed by atoms with E-state index in [2.05, 4.69) is 26.8 Å². The average Bonchev–Trinajstić information content (AvgIpc) is 2.44. The Morgan fingerprint density at radius 2 is 1.95 bits per heavy atom. The number of phenols is 1. The van der Waals surface area contributed by atoms with Crippen molar-refractivity contribution in [1.82, 2.24) is 0 Å². The molecule has 3 rings (SSSR count). The second-order valence-electron chi connectivity index (χ2n) is 7.24. The van der Waals surface area contributed by atoms with Crippen LogP contribution in [0.1, 0.15) is 44.7 Å². The van der Waals surface area contributed by atoms with E-state index in [0.717, 1.165) is 24.0 Å². The molecule has 2 aliphatic carbocycles. The second kappa shape index (κ2) is 4.51. The van der Waals surface area contributed by atoms with Crippen LogP contribution in [-0.4, -0.2) is 23.4 Å². The van der Waals surface area contributed by atoms with Crippen molar-refractivity contribution < 1.29 is 14.9 Å². The molecule has 1 aromatic rings. The predicted molar refractivity (Wildman–Crippen MR) is 83.6 cm³/mol. The van der Waals surface area contributed by atoms with E-state index in [4.69, 9.17) is 4.74 Å². The van der Waals surface area contributed by atoms with Gasteiger partial charge in [0.1, 0.15) is 0 Å². The number of rotatable bonds is 1. The number of hydrogen-bond acceptors (Lipinski definition) is 3. The lowest BCUT2D eigenvalue weighted by Gasteiger charge is -2.54. The highest BCUT2D eigenvalue weighted by atomic mass is 16.5. The number of aliphatic hydroxyl groups is 1. The first-order valence-electron chi connectivity index (χ1n) is 7.59. The third-order valence-electron chi connectivity index (χ3n) is 5.68. The molecular formula is C18H24O3. The number of fused-ring (bicyclic) bond motifs is 3. The Labute approximate surface area is 126 Å². The minimum atomic E-state index is -0.396. The van der Waals surface area contributed by atoms with Crippen LogP contribution in [0, 0.1) is 11.3 Å². The van der Waals surface area contributed by atoms with Crippen LogP contribution >= 0.6 is 0 Å². The molecule has 2 N–H and O–H groups in total. The van der Waals surface area contributed by atoms with Crippen molar-refractivity contribution in [2.24, 2.45) is 11.3 Å². The molecule has 0 radical (unpaired) electrons. The average molecular weight is 288 g/mol. The molecule has 0 aliphatic heterocycles. The third-order valence-corrected chi connectivity index (χ3v) is 5.68. The van der Waals surface area contributed by atoms with Crippen molar-refractivity contribution in [3.05, 3.63) is 29.3 Å². The zero-order chi connectivity index (χ0) is 15.4. The lowest BCUT2D eigenvalue weighted by Crippen LogP contribution is -2.53. The number of allylic oxidation sites excluding steroid dienone is 1. The summed E-state index contributed by atoms with van der Waals surface area (Å²) in [6, 6.07) is 3.79. The Bertz CT molecular complexity index is 603. The summed E-state index contributed by atoms with van der Waals surface area (Å²) in [7, 11) is 1.55. The van der Waals surface area contributed by atoms with E-state index in [-0.39, 0.29) is 22.5 Å². The highest BCUT2D eigenvalue weighted by Gasteiger charge is 2.53. The molecule has 1 saturated carbocycles. The van der Waals surface area contributed by atoms with Crippen LogP contribution in [0.4, 0.5) is 0 Å². The highest BCUT2D eigenvalue weighted by Crippen LogP contribution is 2.57. The summed E-state index contributed by atoms with van der Waals surface area (Å²) in [4.78, 5) is 0. The zero-order valence-electron chi connectivity index (χ0n) is 13.2. The Kier molecular flexibility index (Phi) is 3.10. The molecule has 0 heterocycles. The van der Waals surface area contributed by atoms with Gasteiger partial charge >= 0.3 is 0 Å². The molecule has 21 heavy (non-hydrogen) atoms. The largest absolute Gasteiger partial charge is 0.504 e. The smallest absolute Gasteiger partial charge is 0.165 e. The number of phenolic OH excluding ortho intramolecular Hbond substituents is 1. The quantitative estimate of drug-likeness (QED) is 0.831. The van der Waals surface area contributed by atoms with Gasteiger partial charge in [-0.1, -0.05) is 39.0 Å². The maximum atomic E-state index is 10.7. The number of methoxy groups -OCH3 is 1. The second-order valence-corrected chi connectivity index (χ2v) is 7.24. The first-order valence-corrected chi connectivity index (χ1v) is 7.59. The number of aliphatic hydroxyl groups excluding tert-OH is 1. The van der Waals surface area contributed by atoms with Crippen LogP contribution in [0.15, 0.2) is 18.2 Å². The van der Waals surface area contributed by atoms with E-state index in [1.165, 1.54) is 0 Å². The van der Waals surface area contributed by atoms with E-state index in [1.54, 1.807) is 13.2 Å². The molecule has 0 aromatic heterocycles. The molecule has 0 bridgehead atoms. The summed E-state index contributed by atoms with van der Waals surface area (Å²) in [6.07, 6.45) is 5.55. The van der Waals surface area contributed by atoms with Crippen molar-refractivity contribution >= 4 is 6.08 Å². The van der Waals surface area contributed by atoms with Crippen LogP contribution in [0.25, 0.3) is 6.08 Å². The van der Waals surface area contributed by atoms with Gasteiger partial charge in [0.2, 0.25) is 0 Å². The maximum absolute atomic E-state index is 10.7. The third kappa shape index (κ3) is 1.83. The number of aromatic hydroxyl groups is 1. The fourth-order valence-electron chi connectivity index (χ4n) is 4.37. The summed E-state index contributed by atoms with van der Waals surface area (Å²) < 4.78 is 5.20. The molecule has 3 nitrogen and oxygen atoms in total. The van der Waals surface area contributed by atoms with Gasteiger partial charge < -0.3 is 14.9 Å². The minimum Gasteiger partial charge on any atom is -0.504 e. The van der Waals surface area contributed by atoms with Gasteiger partial charge in [-0.25, -0.2) is 0 Å². The Morgan fingerprint density at radius 3 is 2.62 bits per heavy atom. The summed E-state index contributed by atoms with van der Waals surface area (Å²) in [5.41, 5.74) is 1.58. The van der Waals surface area contributed by atoms with Crippen LogP contribution in [0.2, 0.25) is 0 Å². The van der Waals surface area contributed by atoms with Crippen LogP contribution in [-0.2, 0) is 5.41 Å². The maximum Gasteiger partial charge on any atom is 0.165 e. The van der Waals surface area contributed by atoms with Gasteiger partial charge in [-0.05, 0) is 35.8 Å². The summed E-state index contributed by atoms with van der Waals surface area (Å²) >= 11 is 0. The summed E-state index contributed by atoms with van der Waals surface area (Å²) in [6.45, 7) is 6.65. The first kappa shape index (κ1) is 14.5. The standard InChI is InChI=1S/C18H24O3/c1-17(2)10-9-15(19)18(3)12-6-7-13(21-4)16(20)11(12)5-8-14(17)18/h5-8,14-15,19-20H,9-10H2,1-4H3. The Hall–Kier alpha value is -1.48. The van der Waals surface area contributed by atoms with Gasteiger partial charge in [0, 0.05) is 11.0 Å². The van der Waals surface area contributed by atoms with Gasteiger partial charge in [-0.15, -0.1) is 0 Å². The molecule has 3 atom stereocenters. The van der Waals surface area contributed by atoms with Crippen LogP contribution in [0.5, 0.6) is 11.5 Å². The Balaban J connectivity index is 2.23. The normalized spacial score (nSPS) is 33.2. The van der Waals surface area contributed by atoms with Crippen molar-refractivity contribution in [3.8, 4) is 11.5 Å². The molecule has 2 aliphatic rings. The molecular weight excluding hydrogens is 264 g/mol. The van der Waals surface area contributed by atoms with E-state index in [0.29, 0.717) is 5.75 Å². The SMILES string of the molecule is COc1ccc2c(c1O)C=CC1C(C)(C)CCC(O)C21C. The minimum absolute atomic E-state index is 0.137. The zero-order valence-corrected chi connectivity index (χ0v) is 13.2. The Morgan fingerprint density at radius 1 is 1.24 bits per heavy atom. The first-order chi connectivity index (χ1) is 9.82. The summed E-state index contributed by atoms with van der Waals surface area (Å²) in [5.74, 6) is 0.903. The fourth-order valence-corrected chi connectivity index (χ4v) is 4.37. The van der Waals surface area contributed by atoms with Crippen molar-refractivity contribution in [1.29, 1.82) is 0 Å². The molecule has 3 unspecified atom stereocenters. The lowest BCUT2D eigenvalue weighted by atomic mass is 9.51. The van der Waals surface area contributed by atoms with Gasteiger partial charge in [0.05, 0.1) is 13.2 Å². The topological polar surface area (TPSA) is 49.7 Å². The molecule has 0 spiro atoms. The van der Waals surface area contributed by atoms with Gasteiger partial charge in [0.15, 0.2) is 11.5 Å². The molecule has 0 amide bonds. The van der Waals surface area contributed by atoms with Crippen LogP contribution < -0.4 is 4.74 Å². The van der Waals surface area contributed by atoms with Gasteiger partial charge in [0.25, 0.3) is 0 Å². The van der Waals surface area contributed by atoms with Gasteiger partial charge in [-0.3, -0.25) is 0 Å². The fraction of sp³-hybridized carbons (Fsp3) is 0.556. The molecule has 0 saturated heterocycles. The lowest BCUT2D eigenvalue weighted by molar-refractivity contribution is -0.0314. The van der Waals surface area contributed by atoms with Gasteiger partial charge in [-0.2, -0.15) is 0 Å². The summed E-state index contributed by atoms with van der Waals surface area (Å²) in [5, 5.41) is 21.1. The van der Waals surface area contributed by atoms with E-state index in [1.807, 2.05) is 12.1 Å².